The SMILES string of the molecule is COc1ccccc1NS(=O)(=O)c1ccc(NC(=O)C2CCN(S(=O)(=O)c3c(C)c(C)cc(C)c3C)CC2)cc1. The Morgan fingerprint density at radius 3 is 2.02 bits per heavy atom. The summed E-state index contributed by atoms with van der Waals surface area (Å²) in [5.41, 5.74) is 4.16. The number of carbonyl (C=O) groups is 1. The van der Waals surface area contributed by atoms with Crippen molar-refractivity contribution in [2.45, 2.75) is 50.3 Å². The quantitative estimate of drug-likeness (QED) is 0.393. The van der Waals surface area contributed by atoms with E-state index in [0.29, 0.717) is 34.9 Å². The van der Waals surface area contributed by atoms with Gasteiger partial charge in [-0.2, -0.15) is 4.31 Å². The molecular weight excluding hydrogens is 550 g/mol. The molecule has 1 fully saturated rings. The minimum atomic E-state index is -3.87. The molecule has 9 nitrogen and oxygen atoms in total. The molecule has 40 heavy (non-hydrogen) atoms. The molecule has 1 saturated heterocycles. The van der Waals surface area contributed by atoms with E-state index in [4.69, 9.17) is 4.74 Å². The minimum Gasteiger partial charge on any atom is -0.495 e. The Balaban J connectivity index is 1.39. The van der Waals surface area contributed by atoms with E-state index in [2.05, 4.69) is 10.0 Å². The Morgan fingerprint density at radius 2 is 1.45 bits per heavy atom. The number of aryl methyl sites for hydroxylation is 2. The molecule has 0 aromatic heterocycles. The van der Waals surface area contributed by atoms with Crippen molar-refractivity contribution in [2.75, 3.05) is 30.2 Å². The molecule has 1 aliphatic rings. The van der Waals surface area contributed by atoms with Gasteiger partial charge in [0.1, 0.15) is 5.75 Å². The van der Waals surface area contributed by atoms with Gasteiger partial charge in [-0.15, -0.1) is 0 Å². The van der Waals surface area contributed by atoms with Crippen molar-refractivity contribution in [3.63, 3.8) is 0 Å². The summed E-state index contributed by atoms with van der Waals surface area (Å²) in [7, 11) is -6.10. The number of nitrogens with zero attached hydrogens (tertiary/aromatic N) is 1. The number of hydrogen-bond acceptors (Lipinski definition) is 6. The monoisotopic (exact) mass is 585 g/mol. The Labute approximate surface area is 236 Å². The molecular formula is C29H35N3O6S2. The van der Waals surface area contributed by atoms with E-state index in [9.17, 15) is 21.6 Å². The minimum absolute atomic E-state index is 0.0342. The zero-order valence-corrected chi connectivity index (χ0v) is 24.9. The lowest BCUT2D eigenvalue weighted by Gasteiger charge is -2.31. The smallest absolute Gasteiger partial charge is 0.262 e. The number of methoxy groups -OCH3 is 1. The lowest BCUT2D eigenvalue weighted by atomic mass is 9.97. The van der Waals surface area contributed by atoms with E-state index in [1.807, 2.05) is 33.8 Å². The average Bonchev–Trinajstić information content (AvgIpc) is 2.92. The first kappa shape index (κ1) is 29.6. The Bertz CT molecular complexity index is 1600. The summed E-state index contributed by atoms with van der Waals surface area (Å²) in [6.07, 6.45) is 0.784. The van der Waals surface area contributed by atoms with E-state index in [1.165, 1.54) is 35.7 Å². The number of carbonyl (C=O) groups excluding carboxylic acids is 1. The van der Waals surface area contributed by atoms with Crippen LogP contribution in [0, 0.1) is 33.6 Å². The molecule has 1 amide bonds. The zero-order valence-electron chi connectivity index (χ0n) is 23.3. The molecule has 3 aromatic carbocycles. The molecule has 4 rings (SSSR count). The Morgan fingerprint density at radius 1 is 0.875 bits per heavy atom. The van der Waals surface area contributed by atoms with Crippen molar-refractivity contribution >= 4 is 37.3 Å². The number of ether oxygens (including phenoxy) is 1. The van der Waals surface area contributed by atoms with Crippen molar-refractivity contribution in [2.24, 2.45) is 5.92 Å². The summed E-state index contributed by atoms with van der Waals surface area (Å²) in [5, 5.41) is 2.83. The number of nitrogens with one attached hydrogen (secondary N) is 2. The van der Waals surface area contributed by atoms with E-state index in [-0.39, 0.29) is 29.8 Å². The Hall–Kier alpha value is -3.41. The lowest BCUT2D eigenvalue weighted by Crippen LogP contribution is -2.41. The van der Waals surface area contributed by atoms with Crippen molar-refractivity contribution in [1.29, 1.82) is 0 Å². The van der Waals surface area contributed by atoms with Gasteiger partial charge in [0.05, 0.1) is 22.6 Å². The molecule has 1 aliphatic heterocycles. The number of hydrogen-bond donors (Lipinski definition) is 2. The van der Waals surface area contributed by atoms with Gasteiger partial charge in [0.15, 0.2) is 0 Å². The summed E-state index contributed by atoms with van der Waals surface area (Å²) in [5.74, 6) is -0.185. The molecule has 0 bridgehead atoms. The summed E-state index contributed by atoms with van der Waals surface area (Å²) in [4.78, 5) is 13.4. The molecule has 3 aromatic rings. The third kappa shape index (κ3) is 6.01. The third-order valence-corrected chi connectivity index (χ3v) is 11.1. The number of rotatable bonds is 8. The van der Waals surface area contributed by atoms with Crippen molar-refractivity contribution in [3.05, 3.63) is 76.9 Å². The summed E-state index contributed by atoms with van der Waals surface area (Å²) in [6, 6.07) is 14.6. The van der Waals surface area contributed by atoms with Crippen LogP contribution in [0.4, 0.5) is 11.4 Å². The topological polar surface area (TPSA) is 122 Å². The first-order chi connectivity index (χ1) is 18.8. The molecule has 2 N–H and O–H groups in total. The van der Waals surface area contributed by atoms with Gasteiger partial charge in [-0.3, -0.25) is 9.52 Å². The first-order valence-electron chi connectivity index (χ1n) is 13.0. The summed E-state index contributed by atoms with van der Waals surface area (Å²) in [6.45, 7) is 7.99. The number of piperidine rings is 1. The fourth-order valence-corrected chi connectivity index (χ4v) is 8.07. The molecule has 0 aliphatic carbocycles. The van der Waals surface area contributed by atoms with Gasteiger partial charge in [0.2, 0.25) is 15.9 Å². The van der Waals surface area contributed by atoms with Gasteiger partial charge in [-0.1, -0.05) is 18.2 Å². The maximum Gasteiger partial charge on any atom is 0.262 e. The second-order valence-corrected chi connectivity index (χ2v) is 13.6. The van der Waals surface area contributed by atoms with Crippen LogP contribution >= 0.6 is 0 Å². The van der Waals surface area contributed by atoms with Crippen molar-refractivity contribution < 1.29 is 26.4 Å². The molecule has 11 heteroatoms. The highest BCUT2D eigenvalue weighted by molar-refractivity contribution is 7.92. The first-order valence-corrected chi connectivity index (χ1v) is 15.9. The van der Waals surface area contributed by atoms with Crippen LogP contribution in [-0.4, -0.2) is 47.2 Å². The van der Waals surface area contributed by atoms with E-state index >= 15 is 0 Å². The fourth-order valence-electron chi connectivity index (χ4n) is 4.95. The van der Waals surface area contributed by atoms with Crippen LogP contribution in [0.2, 0.25) is 0 Å². The number of amides is 1. The Kier molecular flexibility index (Phi) is 8.57. The normalized spacial score (nSPS) is 15.0. The largest absolute Gasteiger partial charge is 0.495 e. The van der Waals surface area contributed by atoms with Gasteiger partial charge < -0.3 is 10.1 Å². The molecule has 0 unspecified atom stereocenters. The molecule has 0 atom stereocenters. The standard InChI is InChI=1S/C29H35N3O6S2/c1-19-18-20(2)22(4)28(21(19)3)40(36,37)32-16-14-23(15-17-32)29(33)30-24-10-12-25(13-11-24)39(34,35)31-26-8-6-7-9-27(26)38-5/h6-13,18,23,31H,14-17H2,1-5H3,(H,30,33). The molecule has 214 valence electrons. The molecule has 1 heterocycles. The second-order valence-electron chi connectivity index (χ2n) is 10.1. The van der Waals surface area contributed by atoms with E-state index in [1.54, 1.807) is 24.3 Å². The van der Waals surface area contributed by atoms with Crippen LogP contribution in [0.15, 0.2) is 64.4 Å². The van der Waals surface area contributed by atoms with Gasteiger partial charge >= 0.3 is 0 Å². The number of sulfonamides is 2. The van der Waals surface area contributed by atoms with Gasteiger partial charge in [0, 0.05) is 24.7 Å². The maximum atomic E-state index is 13.5. The highest BCUT2D eigenvalue weighted by Crippen LogP contribution is 2.32. The maximum absolute atomic E-state index is 13.5. The van der Waals surface area contributed by atoms with Crippen LogP contribution in [0.5, 0.6) is 5.75 Å². The average molecular weight is 586 g/mol. The van der Waals surface area contributed by atoms with Gasteiger partial charge in [-0.25, -0.2) is 16.8 Å². The zero-order chi connectivity index (χ0) is 29.2. The predicted molar refractivity (Wildman–Crippen MR) is 156 cm³/mol. The number of para-hydroxylation sites is 2. The fraction of sp³-hybridized carbons (Fsp3) is 0.345. The van der Waals surface area contributed by atoms with E-state index < -0.39 is 20.0 Å². The third-order valence-electron chi connectivity index (χ3n) is 7.50. The van der Waals surface area contributed by atoms with Crippen LogP contribution in [0.25, 0.3) is 0 Å². The lowest BCUT2D eigenvalue weighted by molar-refractivity contribution is -0.120. The number of benzene rings is 3. The summed E-state index contributed by atoms with van der Waals surface area (Å²) < 4.78 is 61.9. The number of anilines is 2. The second kappa shape index (κ2) is 11.6. The van der Waals surface area contributed by atoms with Gasteiger partial charge in [0.25, 0.3) is 10.0 Å². The summed E-state index contributed by atoms with van der Waals surface area (Å²) >= 11 is 0. The highest BCUT2D eigenvalue weighted by atomic mass is 32.2. The van der Waals surface area contributed by atoms with Crippen LogP contribution in [0.3, 0.4) is 0 Å². The predicted octanol–water partition coefficient (Wildman–Crippen LogP) is 4.77. The highest BCUT2D eigenvalue weighted by Gasteiger charge is 2.34. The van der Waals surface area contributed by atoms with Crippen LogP contribution in [0.1, 0.15) is 35.1 Å². The van der Waals surface area contributed by atoms with Crippen molar-refractivity contribution in [1.82, 2.24) is 4.31 Å². The van der Waals surface area contributed by atoms with Crippen LogP contribution in [-0.2, 0) is 24.8 Å². The van der Waals surface area contributed by atoms with Crippen molar-refractivity contribution in [3.8, 4) is 5.75 Å². The van der Waals surface area contributed by atoms with Gasteiger partial charge in [-0.05, 0) is 99.2 Å². The molecule has 0 radical (unpaired) electrons. The van der Waals surface area contributed by atoms with Crippen LogP contribution < -0.4 is 14.8 Å². The van der Waals surface area contributed by atoms with E-state index in [0.717, 1.165) is 22.3 Å². The molecule has 0 saturated carbocycles. The molecule has 0 spiro atoms.